The van der Waals surface area contributed by atoms with Crippen LogP contribution in [0.4, 0.5) is 13.2 Å². The number of aromatic nitrogens is 1. The van der Waals surface area contributed by atoms with E-state index in [0.29, 0.717) is 5.56 Å². The Kier molecular flexibility index (Phi) is 4.50. The standard InChI is InChI=1S/C16H16F3NO/c1-11(8-16(17,18)19)7-15(21)14-10-20-9-13(14)12-5-3-2-4-6-12/h2-6,9-11,20H,7-8H2,1H3/t11-/m0/s1. The molecule has 0 fully saturated rings. The van der Waals surface area contributed by atoms with Crippen molar-refractivity contribution in [1.82, 2.24) is 4.98 Å². The largest absolute Gasteiger partial charge is 0.389 e. The van der Waals surface area contributed by atoms with Gasteiger partial charge in [0.05, 0.1) is 0 Å². The van der Waals surface area contributed by atoms with Crippen LogP contribution < -0.4 is 0 Å². The van der Waals surface area contributed by atoms with E-state index in [1.165, 1.54) is 6.92 Å². The quantitative estimate of drug-likeness (QED) is 0.786. The predicted octanol–water partition coefficient (Wildman–Crippen LogP) is 4.84. The van der Waals surface area contributed by atoms with Crippen LogP contribution in [-0.2, 0) is 0 Å². The summed E-state index contributed by atoms with van der Waals surface area (Å²) in [5, 5.41) is 0. The number of rotatable bonds is 5. The van der Waals surface area contributed by atoms with E-state index in [-0.39, 0.29) is 12.2 Å². The van der Waals surface area contributed by atoms with Gasteiger partial charge in [-0.25, -0.2) is 0 Å². The molecule has 0 radical (unpaired) electrons. The molecule has 0 saturated heterocycles. The minimum Gasteiger partial charge on any atom is -0.366 e. The number of hydrogen-bond donors (Lipinski definition) is 1. The van der Waals surface area contributed by atoms with Gasteiger partial charge in [-0.3, -0.25) is 4.79 Å². The second-order valence-electron chi connectivity index (χ2n) is 5.20. The maximum atomic E-state index is 12.3. The van der Waals surface area contributed by atoms with E-state index >= 15 is 0 Å². The van der Waals surface area contributed by atoms with Gasteiger partial charge < -0.3 is 4.98 Å². The summed E-state index contributed by atoms with van der Waals surface area (Å²) in [6.07, 6.45) is -2.05. The van der Waals surface area contributed by atoms with Crippen LogP contribution in [0, 0.1) is 5.92 Å². The predicted molar refractivity (Wildman–Crippen MR) is 75.0 cm³/mol. The number of benzene rings is 1. The fourth-order valence-corrected chi connectivity index (χ4v) is 2.34. The molecule has 1 aromatic heterocycles. The minimum absolute atomic E-state index is 0.114. The summed E-state index contributed by atoms with van der Waals surface area (Å²) in [7, 11) is 0. The van der Waals surface area contributed by atoms with Crippen LogP contribution in [0.25, 0.3) is 11.1 Å². The molecule has 1 N–H and O–H groups in total. The molecular weight excluding hydrogens is 279 g/mol. The number of Topliss-reactive ketones (excluding diaryl/α,β-unsaturated/α-hetero) is 1. The van der Waals surface area contributed by atoms with Crippen molar-refractivity contribution in [2.75, 3.05) is 0 Å². The average Bonchev–Trinajstić information content (AvgIpc) is 2.86. The molecule has 2 nitrogen and oxygen atoms in total. The minimum atomic E-state index is -4.24. The Labute approximate surface area is 121 Å². The second kappa shape index (κ2) is 6.16. The van der Waals surface area contributed by atoms with E-state index in [1.807, 2.05) is 30.3 Å². The van der Waals surface area contributed by atoms with Crippen LogP contribution in [0.3, 0.4) is 0 Å². The Bertz CT molecular complexity index is 601. The third-order valence-electron chi connectivity index (χ3n) is 3.24. The number of hydrogen-bond acceptors (Lipinski definition) is 1. The Morgan fingerprint density at radius 2 is 1.86 bits per heavy atom. The third-order valence-corrected chi connectivity index (χ3v) is 3.24. The first-order valence-electron chi connectivity index (χ1n) is 6.69. The molecule has 0 aliphatic rings. The van der Waals surface area contributed by atoms with Crippen molar-refractivity contribution in [3.8, 4) is 11.1 Å². The van der Waals surface area contributed by atoms with Crippen LogP contribution >= 0.6 is 0 Å². The highest BCUT2D eigenvalue weighted by atomic mass is 19.4. The van der Waals surface area contributed by atoms with Gasteiger partial charge in [-0.05, 0) is 11.5 Å². The lowest BCUT2D eigenvalue weighted by molar-refractivity contribution is -0.142. The summed E-state index contributed by atoms with van der Waals surface area (Å²) in [6.45, 7) is 1.44. The number of ketones is 1. The van der Waals surface area contributed by atoms with Crippen molar-refractivity contribution < 1.29 is 18.0 Å². The first kappa shape index (κ1) is 15.4. The molecule has 0 unspecified atom stereocenters. The molecule has 0 amide bonds. The SMILES string of the molecule is C[C@@H](CC(=O)c1c[nH]cc1-c1ccccc1)CC(F)(F)F. The van der Waals surface area contributed by atoms with Gasteiger partial charge in [0.1, 0.15) is 0 Å². The maximum Gasteiger partial charge on any atom is 0.389 e. The van der Waals surface area contributed by atoms with E-state index < -0.39 is 18.5 Å². The van der Waals surface area contributed by atoms with E-state index in [9.17, 15) is 18.0 Å². The monoisotopic (exact) mass is 295 g/mol. The molecule has 0 saturated carbocycles. The van der Waals surface area contributed by atoms with Crippen molar-refractivity contribution in [2.45, 2.75) is 25.9 Å². The lowest BCUT2D eigenvalue weighted by atomic mass is 9.94. The van der Waals surface area contributed by atoms with Gasteiger partial charge in [0.15, 0.2) is 5.78 Å². The molecule has 0 bridgehead atoms. The number of carbonyl (C=O) groups excluding carboxylic acids is 1. The van der Waals surface area contributed by atoms with Gasteiger partial charge in [-0.15, -0.1) is 0 Å². The van der Waals surface area contributed by atoms with Crippen LogP contribution in [0.15, 0.2) is 42.7 Å². The number of alkyl halides is 3. The Balaban J connectivity index is 2.13. The molecule has 2 aromatic rings. The molecule has 2 rings (SSSR count). The molecular formula is C16H16F3NO. The molecule has 1 atom stereocenters. The molecule has 1 aromatic carbocycles. The molecule has 0 aliphatic heterocycles. The lowest BCUT2D eigenvalue weighted by Crippen LogP contribution is -2.16. The van der Waals surface area contributed by atoms with Gasteiger partial charge in [0.25, 0.3) is 0 Å². The average molecular weight is 295 g/mol. The summed E-state index contributed by atoms with van der Waals surface area (Å²) in [5.74, 6) is -0.997. The van der Waals surface area contributed by atoms with E-state index in [0.717, 1.165) is 11.1 Å². The van der Waals surface area contributed by atoms with Crippen molar-refractivity contribution in [1.29, 1.82) is 0 Å². The van der Waals surface area contributed by atoms with Gasteiger partial charge in [-0.1, -0.05) is 37.3 Å². The zero-order chi connectivity index (χ0) is 15.5. The molecule has 5 heteroatoms. The fraction of sp³-hybridized carbons (Fsp3) is 0.312. The topological polar surface area (TPSA) is 32.9 Å². The molecule has 0 spiro atoms. The molecule has 21 heavy (non-hydrogen) atoms. The zero-order valence-corrected chi connectivity index (χ0v) is 11.6. The first-order valence-corrected chi connectivity index (χ1v) is 6.69. The number of halogens is 3. The summed E-state index contributed by atoms with van der Waals surface area (Å²) in [5.41, 5.74) is 2.03. The normalized spacial score (nSPS) is 13.1. The smallest absolute Gasteiger partial charge is 0.366 e. The highest BCUT2D eigenvalue weighted by Crippen LogP contribution is 2.29. The van der Waals surface area contributed by atoms with E-state index in [2.05, 4.69) is 4.98 Å². The van der Waals surface area contributed by atoms with E-state index in [4.69, 9.17) is 0 Å². The number of carbonyl (C=O) groups is 1. The van der Waals surface area contributed by atoms with Crippen LogP contribution in [-0.4, -0.2) is 16.9 Å². The Morgan fingerprint density at radius 3 is 2.48 bits per heavy atom. The van der Waals surface area contributed by atoms with Crippen LogP contribution in [0.5, 0.6) is 0 Å². The summed E-state index contributed by atoms with van der Waals surface area (Å²) in [6, 6.07) is 9.28. The van der Waals surface area contributed by atoms with Crippen LogP contribution in [0.2, 0.25) is 0 Å². The summed E-state index contributed by atoms with van der Waals surface area (Å²) < 4.78 is 37.0. The second-order valence-corrected chi connectivity index (χ2v) is 5.20. The van der Waals surface area contributed by atoms with Gasteiger partial charge in [0, 0.05) is 36.4 Å². The molecule has 1 heterocycles. The summed E-state index contributed by atoms with van der Waals surface area (Å²) in [4.78, 5) is 15.1. The number of H-pyrrole nitrogens is 1. The van der Waals surface area contributed by atoms with Crippen LogP contribution in [0.1, 0.15) is 30.1 Å². The zero-order valence-electron chi connectivity index (χ0n) is 11.6. The maximum absolute atomic E-state index is 12.3. The van der Waals surface area contributed by atoms with Gasteiger partial charge in [-0.2, -0.15) is 13.2 Å². The van der Waals surface area contributed by atoms with Gasteiger partial charge >= 0.3 is 6.18 Å². The number of aromatic amines is 1. The highest BCUT2D eigenvalue weighted by molar-refractivity contribution is 6.02. The highest BCUT2D eigenvalue weighted by Gasteiger charge is 2.31. The Morgan fingerprint density at radius 1 is 1.19 bits per heavy atom. The van der Waals surface area contributed by atoms with Gasteiger partial charge in [0.2, 0.25) is 0 Å². The third kappa shape index (κ3) is 4.21. The Hall–Kier alpha value is -2.04. The van der Waals surface area contributed by atoms with Crippen molar-refractivity contribution in [2.24, 2.45) is 5.92 Å². The first-order chi connectivity index (χ1) is 9.87. The fourth-order valence-electron chi connectivity index (χ4n) is 2.34. The lowest BCUT2D eigenvalue weighted by Gasteiger charge is -2.13. The number of nitrogens with one attached hydrogen (secondary N) is 1. The van der Waals surface area contributed by atoms with E-state index in [1.54, 1.807) is 12.4 Å². The molecule has 112 valence electrons. The van der Waals surface area contributed by atoms with Crippen molar-refractivity contribution in [3.05, 3.63) is 48.3 Å². The summed E-state index contributed by atoms with van der Waals surface area (Å²) >= 11 is 0. The van der Waals surface area contributed by atoms with Crippen molar-refractivity contribution in [3.63, 3.8) is 0 Å². The van der Waals surface area contributed by atoms with Crippen molar-refractivity contribution >= 4 is 5.78 Å². The molecule has 0 aliphatic carbocycles.